The largest absolute Gasteiger partial charge is 0.493 e. The second-order valence-corrected chi connectivity index (χ2v) is 7.14. The van der Waals surface area contributed by atoms with Gasteiger partial charge in [0.2, 0.25) is 0 Å². The number of hydrogen-bond donors (Lipinski definition) is 0. The fourth-order valence-corrected chi connectivity index (χ4v) is 3.62. The Labute approximate surface area is 164 Å². The fraction of sp³-hybridized carbons (Fsp3) is 0.190. The van der Waals surface area contributed by atoms with E-state index >= 15 is 0 Å². The molecule has 2 aromatic carbocycles. The first-order valence-corrected chi connectivity index (χ1v) is 9.26. The summed E-state index contributed by atoms with van der Waals surface area (Å²) >= 11 is 1.54. The van der Waals surface area contributed by atoms with Crippen LogP contribution in [0.3, 0.4) is 0 Å². The number of esters is 1. The minimum atomic E-state index is -4.55. The molecule has 0 saturated carbocycles. The average molecular weight is 406 g/mol. The number of halogens is 3. The SMILES string of the molecule is C=CC(=O)OCC(COc1ccc2cc(-c3ccccc3)sc2c1)C(F)(F)F. The van der Waals surface area contributed by atoms with Gasteiger partial charge in [0.25, 0.3) is 0 Å². The Balaban J connectivity index is 1.72. The molecule has 1 aromatic heterocycles. The molecule has 0 aliphatic rings. The van der Waals surface area contributed by atoms with E-state index in [1.807, 2.05) is 42.5 Å². The number of rotatable bonds is 7. The highest BCUT2D eigenvalue weighted by Crippen LogP contribution is 2.35. The van der Waals surface area contributed by atoms with Crippen molar-refractivity contribution in [1.82, 2.24) is 0 Å². The van der Waals surface area contributed by atoms with Crippen molar-refractivity contribution in [3.8, 4) is 16.2 Å². The summed E-state index contributed by atoms with van der Waals surface area (Å²) in [4.78, 5) is 12.1. The van der Waals surface area contributed by atoms with Gasteiger partial charge in [-0.15, -0.1) is 11.3 Å². The van der Waals surface area contributed by atoms with Crippen molar-refractivity contribution in [3.63, 3.8) is 0 Å². The zero-order valence-electron chi connectivity index (χ0n) is 14.7. The molecule has 0 saturated heterocycles. The van der Waals surface area contributed by atoms with Crippen LogP contribution in [-0.4, -0.2) is 25.4 Å². The summed E-state index contributed by atoms with van der Waals surface area (Å²) in [5, 5.41) is 0.989. The first-order valence-electron chi connectivity index (χ1n) is 8.44. The molecule has 3 aromatic rings. The standard InChI is InChI=1S/C21H17F3O3S/c1-2-20(25)27-13-16(21(22,23)24)12-26-17-9-8-15-10-18(28-19(15)11-17)14-6-4-3-5-7-14/h2-11,16H,1,12-13H2. The van der Waals surface area contributed by atoms with Gasteiger partial charge in [-0.1, -0.05) is 36.9 Å². The number of carbonyl (C=O) groups is 1. The molecule has 0 bridgehead atoms. The van der Waals surface area contributed by atoms with Crippen molar-refractivity contribution in [1.29, 1.82) is 0 Å². The molecule has 28 heavy (non-hydrogen) atoms. The summed E-state index contributed by atoms with van der Waals surface area (Å²) in [7, 11) is 0. The van der Waals surface area contributed by atoms with Gasteiger partial charge >= 0.3 is 12.1 Å². The van der Waals surface area contributed by atoms with E-state index in [-0.39, 0.29) is 0 Å². The van der Waals surface area contributed by atoms with E-state index in [4.69, 9.17) is 4.74 Å². The Morgan fingerprint density at radius 2 is 1.86 bits per heavy atom. The normalized spacial score (nSPS) is 12.5. The lowest BCUT2D eigenvalue weighted by Crippen LogP contribution is -2.33. The monoisotopic (exact) mass is 406 g/mol. The van der Waals surface area contributed by atoms with Crippen molar-refractivity contribution in [2.45, 2.75) is 6.18 Å². The van der Waals surface area contributed by atoms with Crippen LogP contribution in [0.25, 0.3) is 20.5 Å². The van der Waals surface area contributed by atoms with Crippen molar-refractivity contribution in [3.05, 3.63) is 67.3 Å². The molecular formula is C21H17F3O3S. The van der Waals surface area contributed by atoms with E-state index in [0.717, 1.165) is 26.6 Å². The molecule has 0 amide bonds. The van der Waals surface area contributed by atoms with Crippen LogP contribution in [0.15, 0.2) is 67.3 Å². The Morgan fingerprint density at radius 1 is 1.11 bits per heavy atom. The first-order chi connectivity index (χ1) is 13.4. The molecule has 0 fully saturated rings. The van der Waals surface area contributed by atoms with Crippen LogP contribution in [-0.2, 0) is 9.53 Å². The highest BCUT2D eigenvalue weighted by atomic mass is 32.1. The number of ether oxygens (including phenoxy) is 2. The highest BCUT2D eigenvalue weighted by molar-refractivity contribution is 7.22. The fourth-order valence-electron chi connectivity index (χ4n) is 2.52. The third-order valence-electron chi connectivity index (χ3n) is 4.06. The first kappa shape index (κ1) is 19.9. The van der Waals surface area contributed by atoms with Gasteiger partial charge in [-0.2, -0.15) is 13.2 Å². The van der Waals surface area contributed by atoms with Gasteiger partial charge in [-0.3, -0.25) is 0 Å². The quantitative estimate of drug-likeness (QED) is 0.364. The zero-order chi connectivity index (χ0) is 20.1. The summed E-state index contributed by atoms with van der Waals surface area (Å²) in [6.07, 6.45) is -3.72. The molecule has 0 spiro atoms. The van der Waals surface area contributed by atoms with Gasteiger partial charge in [0.05, 0.1) is 0 Å². The molecule has 1 unspecified atom stereocenters. The molecule has 3 rings (SSSR count). The van der Waals surface area contributed by atoms with Crippen molar-refractivity contribution in [2.24, 2.45) is 5.92 Å². The van der Waals surface area contributed by atoms with Gasteiger partial charge in [-0.25, -0.2) is 4.79 Å². The van der Waals surface area contributed by atoms with Crippen molar-refractivity contribution in [2.75, 3.05) is 13.2 Å². The van der Waals surface area contributed by atoms with E-state index in [1.54, 1.807) is 12.1 Å². The van der Waals surface area contributed by atoms with Gasteiger partial charge in [0.1, 0.15) is 24.9 Å². The van der Waals surface area contributed by atoms with Gasteiger partial charge in [0.15, 0.2) is 0 Å². The lowest BCUT2D eigenvalue weighted by Gasteiger charge is -2.20. The zero-order valence-corrected chi connectivity index (χ0v) is 15.6. The molecular weight excluding hydrogens is 389 g/mol. The Morgan fingerprint density at radius 3 is 2.54 bits per heavy atom. The summed E-state index contributed by atoms with van der Waals surface area (Å²) in [6, 6.07) is 17.0. The number of thiophene rings is 1. The smallest absolute Gasteiger partial charge is 0.398 e. The maximum Gasteiger partial charge on any atom is 0.398 e. The minimum Gasteiger partial charge on any atom is -0.493 e. The summed E-state index contributed by atoms with van der Waals surface area (Å²) in [5.41, 5.74) is 1.08. The predicted molar refractivity (Wildman–Crippen MR) is 103 cm³/mol. The molecule has 1 atom stereocenters. The predicted octanol–water partition coefficient (Wildman–Crippen LogP) is 5.85. The molecule has 146 valence electrons. The third kappa shape index (κ3) is 4.92. The number of benzene rings is 2. The summed E-state index contributed by atoms with van der Waals surface area (Å²) in [5.74, 6) is -2.49. The summed E-state index contributed by atoms with van der Waals surface area (Å²) < 4.78 is 50.2. The molecule has 0 radical (unpaired) electrons. The maximum atomic E-state index is 13.1. The van der Waals surface area contributed by atoms with Crippen LogP contribution in [0.5, 0.6) is 5.75 Å². The lowest BCUT2D eigenvalue weighted by atomic mass is 10.1. The second kappa shape index (κ2) is 8.48. The van der Waals surface area contributed by atoms with Gasteiger partial charge in [-0.05, 0) is 35.2 Å². The second-order valence-electron chi connectivity index (χ2n) is 6.06. The van der Waals surface area contributed by atoms with Gasteiger partial charge < -0.3 is 9.47 Å². The van der Waals surface area contributed by atoms with Crippen molar-refractivity contribution < 1.29 is 27.4 Å². The number of fused-ring (bicyclic) bond motifs is 1. The minimum absolute atomic E-state index is 0.332. The molecule has 0 aliphatic heterocycles. The van der Waals surface area contributed by atoms with E-state index in [0.29, 0.717) is 5.75 Å². The van der Waals surface area contributed by atoms with E-state index in [2.05, 4.69) is 11.3 Å². The van der Waals surface area contributed by atoms with Crippen molar-refractivity contribution >= 4 is 27.4 Å². The van der Waals surface area contributed by atoms with Crippen LogP contribution in [0.2, 0.25) is 0 Å². The molecule has 1 heterocycles. The third-order valence-corrected chi connectivity index (χ3v) is 5.20. The summed E-state index contributed by atoms with van der Waals surface area (Å²) in [6.45, 7) is 1.71. The number of hydrogen-bond acceptors (Lipinski definition) is 4. The van der Waals surface area contributed by atoms with Crippen LogP contribution in [0, 0.1) is 5.92 Å². The number of carbonyl (C=O) groups excluding carboxylic acids is 1. The van der Waals surface area contributed by atoms with Gasteiger partial charge in [0, 0.05) is 15.7 Å². The molecule has 7 heteroatoms. The van der Waals surface area contributed by atoms with E-state index in [9.17, 15) is 18.0 Å². The van der Waals surface area contributed by atoms with Crippen LogP contribution in [0.1, 0.15) is 0 Å². The van der Waals surface area contributed by atoms with Crippen LogP contribution in [0.4, 0.5) is 13.2 Å². The Kier molecular flexibility index (Phi) is 6.04. The Bertz CT molecular complexity index is 964. The molecule has 0 aliphatic carbocycles. The lowest BCUT2D eigenvalue weighted by molar-refractivity contribution is -0.195. The van der Waals surface area contributed by atoms with E-state index < -0.39 is 31.3 Å². The molecule has 3 nitrogen and oxygen atoms in total. The Hall–Kier alpha value is -2.80. The number of alkyl halides is 3. The van der Waals surface area contributed by atoms with Crippen LogP contribution < -0.4 is 4.74 Å². The average Bonchev–Trinajstić information content (AvgIpc) is 3.10. The highest BCUT2D eigenvalue weighted by Gasteiger charge is 2.41. The topological polar surface area (TPSA) is 35.5 Å². The maximum absolute atomic E-state index is 13.1. The van der Waals surface area contributed by atoms with E-state index in [1.165, 1.54) is 11.3 Å². The molecule has 0 N–H and O–H groups in total. The van der Waals surface area contributed by atoms with Crippen LogP contribution >= 0.6 is 11.3 Å².